The van der Waals surface area contributed by atoms with Gasteiger partial charge >= 0.3 is 0 Å². The number of carbonyl (C=O) groups is 1. The van der Waals surface area contributed by atoms with Crippen LogP contribution in [-0.4, -0.2) is 40.9 Å². The van der Waals surface area contributed by atoms with Crippen molar-refractivity contribution in [3.05, 3.63) is 70.9 Å². The summed E-state index contributed by atoms with van der Waals surface area (Å²) in [5, 5.41) is 17.6. The fourth-order valence-electron chi connectivity index (χ4n) is 5.67. The Bertz CT molecular complexity index is 1180. The fraction of sp³-hybridized carbons (Fsp3) is 0.444. The molecule has 3 fully saturated rings. The molecule has 2 bridgehead atoms. The topological polar surface area (TPSA) is 79.8 Å². The maximum Gasteiger partial charge on any atom is 0.261 e. The molecule has 3 saturated carbocycles. The number of hydrogen-bond acceptors (Lipinski definition) is 5. The van der Waals surface area contributed by atoms with Gasteiger partial charge in [-0.25, -0.2) is 8.78 Å². The number of halogens is 3. The average Bonchev–Trinajstić information content (AvgIpc) is 2.85. The van der Waals surface area contributed by atoms with Crippen molar-refractivity contribution in [2.45, 2.75) is 68.2 Å². The number of amides is 1. The molecule has 6 rings (SSSR count). The number of aliphatic hydroxyl groups is 1. The number of rotatable bonds is 7. The molecule has 0 spiro atoms. The number of hydrogen-bond donors (Lipinski definition) is 3. The van der Waals surface area contributed by atoms with Crippen LogP contribution in [0.3, 0.4) is 0 Å². The minimum atomic E-state index is -0.694. The van der Waals surface area contributed by atoms with E-state index < -0.39 is 29.1 Å². The Labute approximate surface area is 213 Å². The Kier molecular flexibility index (Phi) is 6.59. The third-order valence-corrected chi connectivity index (χ3v) is 8.01. The maximum absolute atomic E-state index is 13.6. The number of benzene rings is 2. The highest BCUT2D eigenvalue weighted by Gasteiger charge is 2.55. The molecule has 3 N–H and O–H groups in total. The first-order valence-corrected chi connectivity index (χ1v) is 12.5. The molecule has 0 radical (unpaired) electrons. The Morgan fingerprint density at radius 2 is 1.94 bits per heavy atom. The highest BCUT2D eigenvalue weighted by Crippen LogP contribution is 2.47. The summed E-state index contributed by atoms with van der Waals surface area (Å²) < 4.78 is 38.6. The molecule has 2 atom stereocenters. The van der Waals surface area contributed by atoms with Gasteiger partial charge in [-0.3, -0.25) is 4.79 Å². The molecule has 0 saturated heterocycles. The highest BCUT2D eigenvalue weighted by atomic mass is 35.5. The van der Waals surface area contributed by atoms with Crippen molar-refractivity contribution in [3.63, 3.8) is 0 Å². The van der Waals surface area contributed by atoms with Gasteiger partial charge in [-0.2, -0.15) is 0 Å². The van der Waals surface area contributed by atoms with E-state index in [9.17, 15) is 18.7 Å². The fourth-order valence-corrected chi connectivity index (χ4v) is 5.79. The molecular formula is C27H29ClF2N2O4. The molecule has 1 heterocycles. The van der Waals surface area contributed by atoms with Gasteiger partial charge in [-0.15, -0.1) is 0 Å². The minimum absolute atomic E-state index is 0.0246. The number of aliphatic hydroxyl groups excluding tert-OH is 1. The van der Waals surface area contributed by atoms with E-state index in [1.165, 1.54) is 24.3 Å². The molecule has 9 heteroatoms. The Balaban J connectivity index is 1.16. The molecule has 1 amide bonds. The number of carbonyl (C=O) groups excluding carboxylic acids is 1. The average molecular weight is 519 g/mol. The van der Waals surface area contributed by atoms with Crippen molar-refractivity contribution in [2.75, 3.05) is 6.61 Å². The highest BCUT2D eigenvalue weighted by molar-refractivity contribution is 6.30. The first-order valence-electron chi connectivity index (χ1n) is 12.2. The van der Waals surface area contributed by atoms with Crippen molar-refractivity contribution in [1.82, 2.24) is 10.6 Å². The van der Waals surface area contributed by atoms with Gasteiger partial charge < -0.3 is 25.2 Å². The predicted octanol–water partition coefficient (Wildman–Crippen LogP) is 4.43. The maximum atomic E-state index is 13.6. The van der Waals surface area contributed by atoms with Gasteiger partial charge in [0.05, 0.1) is 16.7 Å². The zero-order valence-corrected chi connectivity index (χ0v) is 20.5. The number of fused-ring (bicyclic) bond motifs is 4. The van der Waals surface area contributed by atoms with Crippen LogP contribution in [0.25, 0.3) is 0 Å². The Hall–Kier alpha value is -2.84. The van der Waals surface area contributed by atoms with Crippen LogP contribution in [0.15, 0.2) is 48.7 Å². The standard InChI is InChI=1S/C27H29ClF2N2O4/c1-16(15-35-19-4-5-20(28)21(30)13-19)31-27-10-8-26(9-11-27,14-24(27)33)32-25(34)23-6-2-17-12-18(29)3-7-22(17)36-23/h3-5,7,12-13,23-24,31,33H,1-2,6,8-11,14-15H2,(H,32,34)/t23-,24+,26?,27?/m1/s1. The summed E-state index contributed by atoms with van der Waals surface area (Å²) >= 11 is 5.71. The van der Waals surface area contributed by atoms with Crippen LogP contribution in [0.1, 0.15) is 44.1 Å². The zero-order chi connectivity index (χ0) is 25.5. The first-order chi connectivity index (χ1) is 17.2. The lowest BCUT2D eigenvalue weighted by Crippen LogP contribution is -2.70. The second-order valence-corrected chi connectivity index (χ2v) is 10.5. The molecule has 0 unspecified atom stereocenters. The van der Waals surface area contributed by atoms with Gasteiger partial charge in [0.2, 0.25) is 0 Å². The van der Waals surface area contributed by atoms with Gasteiger partial charge in [0.15, 0.2) is 6.10 Å². The second kappa shape index (κ2) is 9.56. The molecule has 6 nitrogen and oxygen atoms in total. The molecular weight excluding hydrogens is 490 g/mol. The predicted molar refractivity (Wildman–Crippen MR) is 131 cm³/mol. The number of ether oxygens (including phenoxy) is 2. The third-order valence-electron chi connectivity index (χ3n) is 7.70. The quantitative estimate of drug-likeness (QED) is 0.505. The number of nitrogens with one attached hydrogen (secondary N) is 2. The second-order valence-electron chi connectivity index (χ2n) is 10.1. The summed E-state index contributed by atoms with van der Waals surface area (Å²) in [4.78, 5) is 13.1. The van der Waals surface area contributed by atoms with Gasteiger partial charge in [0, 0.05) is 17.3 Å². The summed E-state index contributed by atoms with van der Waals surface area (Å²) in [7, 11) is 0. The van der Waals surface area contributed by atoms with Crippen molar-refractivity contribution in [2.24, 2.45) is 0 Å². The van der Waals surface area contributed by atoms with Crippen molar-refractivity contribution in [3.8, 4) is 11.5 Å². The first kappa shape index (κ1) is 24.8. The molecule has 192 valence electrons. The molecule has 1 aliphatic heterocycles. The Morgan fingerprint density at radius 1 is 1.17 bits per heavy atom. The van der Waals surface area contributed by atoms with Gasteiger partial charge in [0.25, 0.3) is 5.91 Å². The molecule has 3 aliphatic carbocycles. The van der Waals surface area contributed by atoms with E-state index in [0.717, 1.165) is 5.56 Å². The van der Waals surface area contributed by atoms with E-state index in [1.807, 2.05) is 0 Å². The summed E-state index contributed by atoms with van der Waals surface area (Å²) in [6.07, 6.45) is 2.83. The van der Waals surface area contributed by atoms with Crippen LogP contribution in [-0.2, 0) is 11.2 Å². The molecule has 36 heavy (non-hydrogen) atoms. The SMILES string of the molecule is C=C(COc1ccc(Cl)c(F)c1)NC12CCC(NC(=O)[C@H]3CCc4cc(F)ccc4O3)(CC1)C[C@@H]2O. The molecule has 2 aromatic rings. The molecule has 0 aromatic heterocycles. The normalized spacial score (nSPS) is 28.6. The summed E-state index contributed by atoms with van der Waals surface area (Å²) in [6, 6.07) is 8.56. The summed E-state index contributed by atoms with van der Waals surface area (Å²) in [6.45, 7) is 4.14. The van der Waals surface area contributed by atoms with Crippen LogP contribution in [0, 0.1) is 11.6 Å². The third kappa shape index (κ3) is 4.89. The van der Waals surface area contributed by atoms with Crippen LogP contribution in [0.5, 0.6) is 11.5 Å². The van der Waals surface area contributed by atoms with Gasteiger partial charge in [0.1, 0.15) is 29.7 Å². The van der Waals surface area contributed by atoms with Crippen LogP contribution in [0.2, 0.25) is 5.02 Å². The van der Waals surface area contributed by atoms with Crippen molar-refractivity contribution >= 4 is 17.5 Å². The van der Waals surface area contributed by atoms with Crippen LogP contribution >= 0.6 is 11.6 Å². The van der Waals surface area contributed by atoms with Crippen LogP contribution in [0.4, 0.5) is 8.78 Å². The van der Waals surface area contributed by atoms with Crippen LogP contribution < -0.4 is 20.1 Å². The van der Waals surface area contributed by atoms with Gasteiger partial charge in [-0.05, 0) is 80.8 Å². The summed E-state index contributed by atoms with van der Waals surface area (Å²) in [5.41, 5.74) is 0.297. The van der Waals surface area contributed by atoms with E-state index in [-0.39, 0.29) is 23.4 Å². The lowest BCUT2D eigenvalue weighted by Gasteiger charge is -2.57. The largest absolute Gasteiger partial charge is 0.487 e. The lowest BCUT2D eigenvalue weighted by molar-refractivity contribution is -0.135. The van der Waals surface area contributed by atoms with E-state index in [0.29, 0.717) is 62.1 Å². The van der Waals surface area contributed by atoms with Crippen molar-refractivity contribution < 1.29 is 28.2 Å². The smallest absolute Gasteiger partial charge is 0.261 e. The number of aryl methyl sites for hydroxylation is 1. The van der Waals surface area contributed by atoms with E-state index in [1.54, 1.807) is 12.1 Å². The lowest BCUT2D eigenvalue weighted by atomic mass is 9.59. The molecule has 4 aliphatic rings. The monoisotopic (exact) mass is 518 g/mol. The van der Waals surface area contributed by atoms with Crippen molar-refractivity contribution in [1.29, 1.82) is 0 Å². The summed E-state index contributed by atoms with van der Waals surface area (Å²) in [5.74, 6) is -0.200. The Morgan fingerprint density at radius 3 is 2.67 bits per heavy atom. The molecule has 2 aromatic carbocycles. The van der Waals surface area contributed by atoms with Gasteiger partial charge in [-0.1, -0.05) is 18.2 Å². The van der Waals surface area contributed by atoms with E-state index in [2.05, 4.69) is 17.2 Å². The zero-order valence-electron chi connectivity index (χ0n) is 19.8. The van der Waals surface area contributed by atoms with E-state index in [4.69, 9.17) is 21.1 Å². The van der Waals surface area contributed by atoms with E-state index >= 15 is 0 Å². The minimum Gasteiger partial charge on any atom is -0.487 e.